The summed E-state index contributed by atoms with van der Waals surface area (Å²) in [5.41, 5.74) is 0.264. The number of nitrogens with zero attached hydrogens (tertiary/aromatic N) is 2. The summed E-state index contributed by atoms with van der Waals surface area (Å²) in [5.74, 6) is -0.761. The molecule has 0 saturated carbocycles. The standard InChI is InChI=1S/C18H16N2O6S/c21-18(12-26-17-9-5-4-8-16(17)20(22)23)19(14-6-2-1-3-7-14)15-10-11-27(24,25)13-15/h1-11,15H,12-13H2/t15-/m0/s1. The molecule has 1 atom stereocenters. The molecular formula is C18H16N2O6S. The molecule has 0 aromatic heterocycles. The Morgan fingerprint density at radius 3 is 2.44 bits per heavy atom. The van der Waals surface area contributed by atoms with Gasteiger partial charge in [0.05, 0.1) is 16.7 Å². The van der Waals surface area contributed by atoms with Crippen molar-refractivity contribution in [2.24, 2.45) is 0 Å². The number of hydrogen-bond acceptors (Lipinski definition) is 6. The molecule has 1 aliphatic heterocycles. The van der Waals surface area contributed by atoms with Crippen LogP contribution < -0.4 is 9.64 Å². The number of rotatable bonds is 6. The van der Waals surface area contributed by atoms with Crippen LogP contribution in [0.15, 0.2) is 66.1 Å². The average molecular weight is 388 g/mol. The molecule has 8 nitrogen and oxygen atoms in total. The van der Waals surface area contributed by atoms with Gasteiger partial charge in [0.25, 0.3) is 5.91 Å². The van der Waals surface area contributed by atoms with E-state index in [1.54, 1.807) is 36.4 Å². The number of ether oxygens (including phenoxy) is 1. The second-order valence-corrected chi connectivity index (χ2v) is 7.77. The molecule has 0 unspecified atom stereocenters. The predicted molar refractivity (Wildman–Crippen MR) is 99.2 cm³/mol. The normalized spacial score (nSPS) is 17.4. The van der Waals surface area contributed by atoms with Crippen LogP contribution in [0.4, 0.5) is 11.4 Å². The van der Waals surface area contributed by atoms with E-state index < -0.39 is 33.3 Å². The van der Waals surface area contributed by atoms with Gasteiger partial charge in [-0.1, -0.05) is 30.3 Å². The molecule has 140 valence electrons. The monoisotopic (exact) mass is 388 g/mol. The fourth-order valence-corrected chi connectivity index (χ4v) is 4.04. The topological polar surface area (TPSA) is 107 Å². The fourth-order valence-electron chi connectivity index (χ4n) is 2.77. The number of anilines is 1. The third kappa shape index (κ3) is 4.32. The minimum absolute atomic E-state index is 0.0292. The predicted octanol–water partition coefficient (Wildman–Crippen LogP) is 2.32. The molecule has 2 aromatic carbocycles. The van der Waals surface area contributed by atoms with Crippen LogP contribution in [-0.2, 0) is 14.6 Å². The summed E-state index contributed by atoms with van der Waals surface area (Å²) in [4.78, 5) is 24.6. The smallest absolute Gasteiger partial charge is 0.310 e. The van der Waals surface area contributed by atoms with Gasteiger partial charge in [-0.15, -0.1) is 0 Å². The number of sulfone groups is 1. The Labute approximate surface area is 155 Å². The van der Waals surface area contributed by atoms with Crippen molar-refractivity contribution in [3.8, 4) is 5.75 Å². The maximum Gasteiger partial charge on any atom is 0.310 e. The highest BCUT2D eigenvalue weighted by molar-refractivity contribution is 7.94. The molecule has 0 fully saturated rings. The zero-order chi connectivity index (χ0) is 19.4. The van der Waals surface area contributed by atoms with Crippen LogP contribution in [0.3, 0.4) is 0 Å². The summed E-state index contributed by atoms with van der Waals surface area (Å²) in [6, 6.07) is 13.7. The molecule has 0 N–H and O–H groups in total. The average Bonchev–Trinajstić information content (AvgIpc) is 3.00. The minimum atomic E-state index is -3.37. The number of hydrogen-bond donors (Lipinski definition) is 0. The van der Waals surface area contributed by atoms with Crippen LogP contribution in [0.2, 0.25) is 0 Å². The van der Waals surface area contributed by atoms with Gasteiger partial charge in [0.2, 0.25) is 0 Å². The van der Waals surface area contributed by atoms with Crippen molar-refractivity contribution in [2.45, 2.75) is 6.04 Å². The Kier molecular flexibility index (Phi) is 5.22. The van der Waals surface area contributed by atoms with Crippen LogP contribution in [0.1, 0.15) is 0 Å². The third-order valence-corrected chi connectivity index (χ3v) is 5.34. The molecule has 0 aliphatic carbocycles. The number of amides is 1. The van der Waals surface area contributed by atoms with E-state index in [2.05, 4.69) is 0 Å². The molecule has 1 heterocycles. The number of para-hydroxylation sites is 3. The van der Waals surface area contributed by atoms with Crippen molar-refractivity contribution < 1.29 is 22.9 Å². The maximum atomic E-state index is 12.8. The summed E-state index contributed by atoms with van der Waals surface area (Å²) in [5, 5.41) is 12.1. The van der Waals surface area contributed by atoms with Crippen LogP contribution in [0, 0.1) is 10.1 Å². The minimum Gasteiger partial charge on any atom is -0.477 e. The van der Waals surface area contributed by atoms with Gasteiger partial charge in [0, 0.05) is 17.2 Å². The Morgan fingerprint density at radius 1 is 1.15 bits per heavy atom. The van der Waals surface area contributed by atoms with E-state index in [0.717, 1.165) is 5.41 Å². The quantitative estimate of drug-likeness (QED) is 0.555. The number of nitro groups is 1. The highest BCUT2D eigenvalue weighted by Gasteiger charge is 2.31. The van der Waals surface area contributed by atoms with Gasteiger partial charge in [0.1, 0.15) is 0 Å². The molecule has 0 saturated heterocycles. The molecule has 3 rings (SSSR count). The SMILES string of the molecule is O=C(COc1ccccc1[N+](=O)[O-])N(c1ccccc1)[C@H]1C=CS(=O)(=O)C1. The lowest BCUT2D eigenvalue weighted by atomic mass is 10.2. The second kappa shape index (κ2) is 7.58. The van der Waals surface area contributed by atoms with Gasteiger partial charge in [-0.3, -0.25) is 14.9 Å². The number of carbonyl (C=O) groups excluding carboxylic acids is 1. The fraction of sp³-hybridized carbons (Fsp3) is 0.167. The summed E-state index contributed by atoms with van der Waals surface area (Å²) < 4.78 is 28.9. The first-order valence-corrected chi connectivity index (χ1v) is 9.73. The Balaban J connectivity index is 1.82. The van der Waals surface area contributed by atoms with E-state index in [1.807, 2.05) is 0 Å². The van der Waals surface area contributed by atoms with Gasteiger partial charge in [-0.05, 0) is 24.3 Å². The van der Waals surface area contributed by atoms with Crippen LogP contribution >= 0.6 is 0 Å². The van der Waals surface area contributed by atoms with E-state index >= 15 is 0 Å². The largest absolute Gasteiger partial charge is 0.477 e. The highest BCUT2D eigenvalue weighted by atomic mass is 32.2. The summed E-state index contributed by atoms with van der Waals surface area (Å²) in [6.07, 6.45) is 1.45. The van der Waals surface area contributed by atoms with Crippen LogP contribution in [-0.4, -0.2) is 37.6 Å². The van der Waals surface area contributed by atoms with Crippen molar-refractivity contribution in [1.82, 2.24) is 0 Å². The number of nitro benzene ring substituents is 1. The van der Waals surface area contributed by atoms with Gasteiger partial charge >= 0.3 is 5.69 Å². The van der Waals surface area contributed by atoms with E-state index in [4.69, 9.17) is 4.74 Å². The zero-order valence-electron chi connectivity index (χ0n) is 14.1. The van der Waals surface area contributed by atoms with E-state index in [0.29, 0.717) is 5.69 Å². The molecule has 0 spiro atoms. The zero-order valence-corrected chi connectivity index (χ0v) is 14.9. The lowest BCUT2D eigenvalue weighted by Crippen LogP contribution is -2.43. The Morgan fingerprint density at radius 2 is 1.81 bits per heavy atom. The first-order valence-electron chi connectivity index (χ1n) is 8.02. The van der Waals surface area contributed by atoms with Gasteiger partial charge < -0.3 is 9.64 Å². The lowest BCUT2D eigenvalue weighted by molar-refractivity contribution is -0.385. The second-order valence-electron chi connectivity index (χ2n) is 5.84. The summed E-state index contributed by atoms with van der Waals surface area (Å²) in [6.45, 7) is -0.468. The summed E-state index contributed by atoms with van der Waals surface area (Å²) >= 11 is 0. The molecule has 0 bridgehead atoms. The Bertz CT molecular complexity index is 988. The van der Waals surface area contributed by atoms with Gasteiger partial charge in [-0.25, -0.2) is 8.42 Å². The first kappa shape index (κ1) is 18.6. The van der Waals surface area contributed by atoms with E-state index in [9.17, 15) is 23.3 Å². The van der Waals surface area contributed by atoms with Crippen molar-refractivity contribution in [2.75, 3.05) is 17.3 Å². The van der Waals surface area contributed by atoms with Crippen molar-refractivity contribution in [3.63, 3.8) is 0 Å². The molecule has 1 amide bonds. The van der Waals surface area contributed by atoms with E-state index in [-0.39, 0.29) is 17.2 Å². The molecule has 27 heavy (non-hydrogen) atoms. The Hall–Kier alpha value is -3.20. The van der Waals surface area contributed by atoms with Crippen molar-refractivity contribution >= 4 is 27.1 Å². The molecular weight excluding hydrogens is 372 g/mol. The van der Waals surface area contributed by atoms with Gasteiger partial charge in [-0.2, -0.15) is 0 Å². The molecule has 9 heteroatoms. The van der Waals surface area contributed by atoms with E-state index in [1.165, 1.54) is 29.2 Å². The van der Waals surface area contributed by atoms with Crippen molar-refractivity contribution in [1.29, 1.82) is 0 Å². The molecule has 1 aliphatic rings. The van der Waals surface area contributed by atoms with Crippen LogP contribution in [0.5, 0.6) is 5.75 Å². The molecule has 0 radical (unpaired) electrons. The number of benzene rings is 2. The highest BCUT2D eigenvalue weighted by Crippen LogP contribution is 2.27. The van der Waals surface area contributed by atoms with Gasteiger partial charge in [0.15, 0.2) is 22.2 Å². The molecule has 2 aromatic rings. The summed E-state index contributed by atoms with van der Waals surface area (Å²) in [7, 11) is -3.37. The van der Waals surface area contributed by atoms with Crippen LogP contribution in [0.25, 0.3) is 0 Å². The lowest BCUT2D eigenvalue weighted by Gasteiger charge is -2.27. The van der Waals surface area contributed by atoms with Crippen molar-refractivity contribution in [3.05, 3.63) is 76.2 Å². The maximum absolute atomic E-state index is 12.8. The number of carbonyl (C=O) groups is 1. The first-order chi connectivity index (χ1) is 12.9. The third-order valence-electron chi connectivity index (χ3n) is 3.96.